The molecular formula is C17H19N3O3. The van der Waals surface area contributed by atoms with Crippen molar-refractivity contribution in [2.24, 2.45) is 5.73 Å². The Hall–Kier alpha value is -3.02. The Labute approximate surface area is 134 Å². The van der Waals surface area contributed by atoms with Gasteiger partial charge in [-0.25, -0.2) is 4.79 Å². The Bertz CT molecular complexity index is 716. The molecule has 0 aliphatic carbocycles. The number of carbonyl (C=O) groups is 2. The summed E-state index contributed by atoms with van der Waals surface area (Å²) in [6, 6.07) is 13.5. The highest BCUT2D eigenvalue weighted by molar-refractivity contribution is 5.96. The van der Waals surface area contributed by atoms with E-state index in [1.807, 2.05) is 24.3 Å². The number of anilines is 1. The first-order chi connectivity index (χ1) is 11.0. The monoisotopic (exact) mass is 313 g/mol. The predicted octanol–water partition coefficient (Wildman–Crippen LogP) is 2.46. The third kappa shape index (κ3) is 4.47. The minimum absolute atomic E-state index is 0.152. The fourth-order valence-electron chi connectivity index (χ4n) is 2.21. The van der Waals surface area contributed by atoms with Gasteiger partial charge in [0.15, 0.2) is 0 Å². The van der Waals surface area contributed by atoms with Crippen molar-refractivity contribution in [2.45, 2.75) is 6.54 Å². The Morgan fingerprint density at radius 2 is 1.91 bits per heavy atom. The number of urea groups is 1. The fourth-order valence-corrected chi connectivity index (χ4v) is 2.21. The van der Waals surface area contributed by atoms with Crippen LogP contribution in [-0.4, -0.2) is 31.0 Å². The molecule has 2 rings (SSSR count). The highest BCUT2D eigenvalue weighted by Crippen LogP contribution is 2.16. The van der Waals surface area contributed by atoms with E-state index in [1.165, 1.54) is 0 Å². The van der Waals surface area contributed by atoms with Crippen LogP contribution in [0, 0.1) is 0 Å². The zero-order valence-electron chi connectivity index (χ0n) is 13.1. The molecule has 0 fully saturated rings. The minimum atomic E-state index is -0.667. The first-order valence-corrected chi connectivity index (χ1v) is 7.04. The lowest BCUT2D eigenvalue weighted by Gasteiger charge is -2.18. The van der Waals surface area contributed by atoms with Gasteiger partial charge in [0, 0.05) is 24.8 Å². The Morgan fingerprint density at radius 3 is 2.61 bits per heavy atom. The van der Waals surface area contributed by atoms with Crippen LogP contribution in [0.2, 0.25) is 0 Å². The Kier molecular flexibility index (Phi) is 5.19. The number of nitrogens with two attached hydrogens (primary N) is 1. The van der Waals surface area contributed by atoms with Crippen LogP contribution in [0.3, 0.4) is 0 Å². The van der Waals surface area contributed by atoms with E-state index in [0.717, 1.165) is 11.3 Å². The lowest BCUT2D eigenvalue weighted by molar-refractivity contribution is 0.0785. The van der Waals surface area contributed by atoms with Gasteiger partial charge >= 0.3 is 6.03 Å². The normalized spacial score (nSPS) is 10.0. The molecule has 2 aromatic rings. The summed E-state index contributed by atoms with van der Waals surface area (Å²) < 4.78 is 5.18. The molecule has 0 atom stereocenters. The van der Waals surface area contributed by atoms with Crippen LogP contribution >= 0.6 is 0 Å². The molecule has 3 amide bonds. The number of methoxy groups -OCH3 is 1. The molecule has 0 aliphatic heterocycles. The molecule has 2 aromatic carbocycles. The number of carbonyl (C=O) groups excluding carboxylic acids is 2. The zero-order valence-corrected chi connectivity index (χ0v) is 13.1. The smallest absolute Gasteiger partial charge is 0.316 e. The van der Waals surface area contributed by atoms with Crippen molar-refractivity contribution in [1.82, 2.24) is 4.90 Å². The van der Waals surface area contributed by atoms with Gasteiger partial charge in [-0.2, -0.15) is 0 Å². The van der Waals surface area contributed by atoms with E-state index in [2.05, 4.69) is 5.32 Å². The number of hydrogen-bond donors (Lipinski definition) is 2. The van der Waals surface area contributed by atoms with Crippen molar-refractivity contribution in [1.29, 1.82) is 0 Å². The lowest BCUT2D eigenvalue weighted by atomic mass is 10.1. The van der Waals surface area contributed by atoms with Gasteiger partial charge in [-0.1, -0.05) is 18.2 Å². The second-order valence-corrected chi connectivity index (χ2v) is 5.08. The third-order valence-corrected chi connectivity index (χ3v) is 3.28. The van der Waals surface area contributed by atoms with E-state index in [0.29, 0.717) is 17.8 Å². The summed E-state index contributed by atoms with van der Waals surface area (Å²) in [5.74, 6) is 0.594. The zero-order chi connectivity index (χ0) is 16.8. The summed E-state index contributed by atoms with van der Waals surface area (Å²) in [6.07, 6.45) is 0. The van der Waals surface area contributed by atoms with Crippen LogP contribution in [0.25, 0.3) is 0 Å². The third-order valence-electron chi connectivity index (χ3n) is 3.28. The number of benzene rings is 2. The van der Waals surface area contributed by atoms with Crippen molar-refractivity contribution in [2.75, 3.05) is 19.5 Å². The van der Waals surface area contributed by atoms with Crippen LogP contribution in [0.4, 0.5) is 10.5 Å². The first kappa shape index (κ1) is 16.4. The Balaban J connectivity index is 2.11. The number of hydrogen-bond acceptors (Lipinski definition) is 3. The molecule has 0 saturated carbocycles. The standard InChI is InChI=1S/C17H19N3O3/c1-20(11-12-5-3-8-15(9-12)23-2)16(21)13-6-4-7-14(10-13)19-17(18)22/h3-10H,11H2,1-2H3,(H3,18,19,22). The average molecular weight is 313 g/mol. The number of primary amides is 1. The quantitative estimate of drug-likeness (QED) is 0.889. The van der Waals surface area contributed by atoms with Gasteiger partial charge in [-0.15, -0.1) is 0 Å². The van der Waals surface area contributed by atoms with E-state index in [9.17, 15) is 9.59 Å². The van der Waals surface area contributed by atoms with E-state index in [-0.39, 0.29) is 5.91 Å². The van der Waals surface area contributed by atoms with E-state index in [1.54, 1.807) is 43.3 Å². The molecule has 0 unspecified atom stereocenters. The van der Waals surface area contributed by atoms with Gasteiger partial charge in [-0.05, 0) is 35.9 Å². The van der Waals surface area contributed by atoms with Crippen molar-refractivity contribution in [3.05, 3.63) is 59.7 Å². The molecule has 6 heteroatoms. The van der Waals surface area contributed by atoms with E-state index in [4.69, 9.17) is 10.5 Å². The number of rotatable bonds is 5. The molecule has 0 saturated heterocycles. The maximum atomic E-state index is 12.5. The van der Waals surface area contributed by atoms with Gasteiger partial charge in [0.1, 0.15) is 5.75 Å². The molecule has 23 heavy (non-hydrogen) atoms. The number of amides is 3. The molecule has 0 heterocycles. The molecule has 0 spiro atoms. The highest BCUT2D eigenvalue weighted by atomic mass is 16.5. The number of ether oxygens (including phenoxy) is 1. The summed E-state index contributed by atoms with van der Waals surface area (Å²) >= 11 is 0. The second kappa shape index (κ2) is 7.31. The lowest BCUT2D eigenvalue weighted by Crippen LogP contribution is -2.26. The summed E-state index contributed by atoms with van der Waals surface area (Å²) in [6.45, 7) is 0.448. The molecular weight excluding hydrogens is 294 g/mol. The number of nitrogens with one attached hydrogen (secondary N) is 1. The van der Waals surface area contributed by atoms with Crippen molar-refractivity contribution >= 4 is 17.6 Å². The topological polar surface area (TPSA) is 84.7 Å². The van der Waals surface area contributed by atoms with Crippen LogP contribution < -0.4 is 15.8 Å². The minimum Gasteiger partial charge on any atom is -0.497 e. The summed E-state index contributed by atoms with van der Waals surface area (Å²) in [5, 5.41) is 2.46. The summed E-state index contributed by atoms with van der Waals surface area (Å²) in [7, 11) is 3.32. The van der Waals surface area contributed by atoms with Gasteiger partial charge in [0.25, 0.3) is 5.91 Å². The van der Waals surface area contributed by atoms with Crippen LogP contribution in [-0.2, 0) is 6.54 Å². The highest BCUT2D eigenvalue weighted by Gasteiger charge is 2.13. The van der Waals surface area contributed by atoms with Crippen LogP contribution in [0.1, 0.15) is 15.9 Å². The van der Waals surface area contributed by atoms with Gasteiger partial charge in [0.05, 0.1) is 7.11 Å². The maximum absolute atomic E-state index is 12.5. The molecule has 0 aliphatic rings. The van der Waals surface area contributed by atoms with Gasteiger partial charge in [-0.3, -0.25) is 4.79 Å². The SMILES string of the molecule is COc1cccc(CN(C)C(=O)c2cccc(NC(N)=O)c2)c1. The first-order valence-electron chi connectivity index (χ1n) is 7.04. The van der Waals surface area contributed by atoms with Gasteiger partial charge in [0.2, 0.25) is 0 Å². The largest absolute Gasteiger partial charge is 0.497 e. The van der Waals surface area contributed by atoms with Crippen molar-refractivity contribution in [3.63, 3.8) is 0 Å². The average Bonchev–Trinajstić information content (AvgIpc) is 2.54. The van der Waals surface area contributed by atoms with Crippen LogP contribution in [0.5, 0.6) is 5.75 Å². The molecule has 120 valence electrons. The molecule has 3 N–H and O–H groups in total. The molecule has 6 nitrogen and oxygen atoms in total. The molecule has 0 radical (unpaired) electrons. The maximum Gasteiger partial charge on any atom is 0.316 e. The summed E-state index contributed by atoms with van der Waals surface area (Å²) in [5.41, 5.74) is 7.01. The van der Waals surface area contributed by atoms with Crippen molar-refractivity contribution in [3.8, 4) is 5.75 Å². The van der Waals surface area contributed by atoms with E-state index < -0.39 is 6.03 Å². The Morgan fingerprint density at radius 1 is 1.17 bits per heavy atom. The van der Waals surface area contributed by atoms with Crippen LogP contribution in [0.15, 0.2) is 48.5 Å². The fraction of sp³-hybridized carbons (Fsp3) is 0.176. The molecule has 0 bridgehead atoms. The molecule has 0 aromatic heterocycles. The van der Waals surface area contributed by atoms with Gasteiger partial charge < -0.3 is 20.7 Å². The second-order valence-electron chi connectivity index (χ2n) is 5.08. The summed E-state index contributed by atoms with van der Waals surface area (Å²) in [4.78, 5) is 25.0. The number of nitrogens with zero attached hydrogens (tertiary/aromatic N) is 1. The predicted molar refractivity (Wildman–Crippen MR) is 88.4 cm³/mol. The van der Waals surface area contributed by atoms with E-state index >= 15 is 0 Å². The van der Waals surface area contributed by atoms with Crippen molar-refractivity contribution < 1.29 is 14.3 Å².